The Kier molecular flexibility index (Phi) is 1.65. The van der Waals surface area contributed by atoms with E-state index in [0.717, 1.165) is 13.2 Å². The van der Waals surface area contributed by atoms with Crippen molar-refractivity contribution in [3.63, 3.8) is 0 Å². The minimum atomic E-state index is 0.407. The summed E-state index contributed by atoms with van der Waals surface area (Å²) in [4.78, 5) is 0. The molecule has 2 nitrogen and oxygen atoms in total. The summed E-state index contributed by atoms with van der Waals surface area (Å²) in [5.41, 5.74) is 0. The Morgan fingerprint density at radius 2 is 2.57 bits per heavy atom. The number of ether oxygens (including phenoxy) is 2. The Morgan fingerprint density at radius 1 is 1.86 bits per heavy atom. The first kappa shape index (κ1) is 5.06. The van der Waals surface area contributed by atoms with Crippen molar-refractivity contribution in [3.05, 3.63) is 0 Å². The molecule has 0 spiro atoms. The molecule has 7 heavy (non-hydrogen) atoms. The summed E-state index contributed by atoms with van der Waals surface area (Å²) in [5.74, 6) is 0. The van der Waals surface area contributed by atoms with Crippen LogP contribution in [0.25, 0.3) is 0 Å². The molecule has 0 aliphatic carbocycles. The maximum atomic E-state index is 5.05. The molecule has 1 fully saturated rings. The van der Waals surface area contributed by atoms with E-state index in [4.69, 9.17) is 9.47 Å². The van der Waals surface area contributed by atoms with Gasteiger partial charge in [-0.25, -0.2) is 0 Å². The molecule has 0 radical (unpaired) electrons. The maximum Gasteiger partial charge on any atom is 0.0830 e. The second-order valence-electron chi connectivity index (χ2n) is 1.74. The van der Waals surface area contributed by atoms with Crippen LogP contribution < -0.4 is 0 Å². The quantitative estimate of drug-likeness (QED) is 0.503. The lowest BCUT2D eigenvalue weighted by atomic mass is 10.2. The number of hydrogen-bond donors (Lipinski definition) is 0. The summed E-state index contributed by atoms with van der Waals surface area (Å²) in [5, 5.41) is 0. The van der Waals surface area contributed by atoms with Gasteiger partial charge in [-0.05, 0) is 6.42 Å². The van der Waals surface area contributed by atoms with Crippen LogP contribution in [0.4, 0.5) is 0 Å². The predicted octanol–water partition coefficient (Wildman–Crippen LogP) is 0.422. The largest absolute Gasteiger partial charge is 0.382 e. The number of hydrogen-bond acceptors (Lipinski definition) is 2. The zero-order valence-electron chi connectivity index (χ0n) is 4.52. The van der Waals surface area contributed by atoms with Crippen LogP contribution in [0.5, 0.6) is 0 Å². The van der Waals surface area contributed by atoms with Crippen LogP contribution in [0.2, 0.25) is 0 Å². The molecule has 1 rings (SSSR count). The minimum Gasteiger partial charge on any atom is -0.382 e. The van der Waals surface area contributed by atoms with E-state index in [2.05, 4.69) is 0 Å². The van der Waals surface area contributed by atoms with Gasteiger partial charge >= 0.3 is 0 Å². The highest BCUT2D eigenvalue weighted by Gasteiger charge is 2.16. The van der Waals surface area contributed by atoms with E-state index in [1.807, 2.05) is 0 Å². The molecule has 0 bridgehead atoms. The Balaban J connectivity index is 1.93. The predicted molar refractivity (Wildman–Crippen MR) is 26.2 cm³/mol. The Bertz CT molecular complexity index is 50.0. The third kappa shape index (κ3) is 1.14. The van der Waals surface area contributed by atoms with E-state index >= 15 is 0 Å². The van der Waals surface area contributed by atoms with Gasteiger partial charge in [-0.3, -0.25) is 0 Å². The fourth-order valence-electron chi connectivity index (χ4n) is 0.602. The van der Waals surface area contributed by atoms with Gasteiger partial charge in [-0.2, -0.15) is 0 Å². The summed E-state index contributed by atoms with van der Waals surface area (Å²) < 4.78 is 9.87. The van der Waals surface area contributed by atoms with Gasteiger partial charge in [-0.1, -0.05) is 0 Å². The van der Waals surface area contributed by atoms with Crippen LogP contribution in [-0.2, 0) is 9.47 Å². The Labute approximate surface area is 43.4 Å². The topological polar surface area (TPSA) is 18.5 Å². The van der Waals surface area contributed by atoms with Crippen molar-refractivity contribution in [2.45, 2.75) is 12.5 Å². The molecule has 0 aromatic carbocycles. The van der Waals surface area contributed by atoms with Crippen LogP contribution in [0.1, 0.15) is 6.42 Å². The van der Waals surface area contributed by atoms with Crippen LogP contribution in [0.15, 0.2) is 0 Å². The molecule has 0 N–H and O–H groups in total. The third-order valence-corrected chi connectivity index (χ3v) is 1.15. The highest BCUT2D eigenvalue weighted by atomic mass is 16.5. The molecule has 0 amide bonds. The van der Waals surface area contributed by atoms with Crippen LogP contribution in [-0.4, -0.2) is 26.4 Å². The van der Waals surface area contributed by atoms with E-state index in [1.54, 1.807) is 7.11 Å². The monoisotopic (exact) mass is 102 g/mol. The molecule has 1 unspecified atom stereocenters. The van der Waals surface area contributed by atoms with Gasteiger partial charge in [0.25, 0.3) is 0 Å². The van der Waals surface area contributed by atoms with Crippen molar-refractivity contribution in [3.8, 4) is 0 Å². The Morgan fingerprint density at radius 3 is 2.71 bits per heavy atom. The lowest BCUT2D eigenvalue weighted by Crippen LogP contribution is -2.30. The van der Waals surface area contributed by atoms with E-state index < -0.39 is 0 Å². The lowest BCUT2D eigenvalue weighted by molar-refractivity contribution is -0.0857. The van der Waals surface area contributed by atoms with E-state index in [1.165, 1.54) is 6.42 Å². The van der Waals surface area contributed by atoms with Crippen molar-refractivity contribution in [1.29, 1.82) is 0 Å². The summed E-state index contributed by atoms with van der Waals surface area (Å²) in [6.07, 6.45) is 1.58. The van der Waals surface area contributed by atoms with Crippen LogP contribution in [0.3, 0.4) is 0 Å². The molecular weight excluding hydrogens is 92.1 g/mol. The average molecular weight is 102 g/mol. The number of rotatable bonds is 2. The van der Waals surface area contributed by atoms with Gasteiger partial charge in [0, 0.05) is 13.7 Å². The minimum absolute atomic E-state index is 0.407. The molecule has 1 atom stereocenters. The summed E-state index contributed by atoms with van der Waals surface area (Å²) in [6.45, 7) is 1.69. The first-order chi connectivity index (χ1) is 3.43. The lowest BCUT2D eigenvalue weighted by Gasteiger charge is -2.24. The molecule has 1 saturated heterocycles. The second-order valence-corrected chi connectivity index (χ2v) is 1.74. The van der Waals surface area contributed by atoms with Gasteiger partial charge < -0.3 is 9.47 Å². The number of methoxy groups -OCH3 is 1. The van der Waals surface area contributed by atoms with Crippen LogP contribution >= 0.6 is 0 Å². The molecule has 2 heteroatoms. The standard InChI is InChI=1S/C5H10O2/c1-6-4-5-2-3-7-5/h5H,2-4H2,1H3. The van der Waals surface area contributed by atoms with Crippen molar-refractivity contribution in [1.82, 2.24) is 0 Å². The summed E-state index contributed by atoms with van der Waals surface area (Å²) in [6, 6.07) is 0. The molecule has 0 saturated carbocycles. The molecule has 1 aliphatic heterocycles. The SMILES string of the molecule is COCC1CCO1. The molecule has 1 aliphatic rings. The first-order valence-electron chi connectivity index (χ1n) is 2.54. The van der Waals surface area contributed by atoms with E-state index in [0.29, 0.717) is 6.10 Å². The smallest absolute Gasteiger partial charge is 0.0830 e. The van der Waals surface area contributed by atoms with Gasteiger partial charge in [0.1, 0.15) is 0 Å². The van der Waals surface area contributed by atoms with Gasteiger partial charge in [0.2, 0.25) is 0 Å². The molecule has 0 aromatic rings. The summed E-state index contributed by atoms with van der Waals surface area (Å²) in [7, 11) is 1.70. The molecule has 0 aromatic heterocycles. The molecular formula is C5H10O2. The highest BCUT2D eigenvalue weighted by Crippen LogP contribution is 2.09. The average Bonchev–Trinajstić information content (AvgIpc) is 1.55. The highest BCUT2D eigenvalue weighted by molar-refractivity contribution is 4.63. The van der Waals surface area contributed by atoms with E-state index in [9.17, 15) is 0 Å². The fraction of sp³-hybridized carbons (Fsp3) is 1.00. The zero-order chi connectivity index (χ0) is 5.11. The van der Waals surface area contributed by atoms with Crippen molar-refractivity contribution >= 4 is 0 Å². The fourth-order valence-corrected chi connectivity index (χ4v) is 0.602. The van der Waals surface area contributed by atoms with Gasteiger partial charge in [0.15, 0.2) is 0 Å². The second kappa shape index (κ2) is 2.28. The molecule has 42 valence electrons. The van der Waals surface area contributed by atoms with Crippen molar-refractivity contribution < 1.29 is 9.47 Å². The normalized spacial score (nSPS) is 29.6. The van der Waals surface area contributed by atoms with Gasteiger partial charge in [-0.15, -0.1) is 0 Å². The van der Waals surface area contributed by atoms with E-state index in [-0.39, 0.29) is 0 Å². The van der Waals surface area contributed by atoms with Crippen LogP contribution in [0, 0.1) is 0 Å². The third-order valence-electron chi connectivity index (χ3n) is 1.15. The zero-order valence-corrected chi connectivity index (χ0v) is 4.52. The van der Waals surface area contributed by atoms with Crippen molar-refractivity contribution in [2.24, 2.45) is 0 Å². The van der Waals surface area contributed by atoms with Crippen molar-refractivity contribution in [2.75, 3.05) is 20.3 Å². The molecule has 1 heterocycles. The maximum absolute atomic E-state index is 5.05. The van der Waals surface area contributed by atoms with Gasteiger partial charge in [0.05, 0.1) is 12.7 Å². The first-order valence-corrected chi connectivity index (χ1v) is 2.54. The summed E-state index contributed by atoms with van der Waals surface area (Å²) >= 11 is 0. The Hall–Kier alpha value is -0.0800.